The first-order valence-electron chi connectivity index (χ1n) is 15.4. The van der Waals surface area contributed by atoms with Crippen LogP contribution in [0.5, 0.6) is 6.01 Å². The van der Waals surface area contributed by atoms with Crippen LogP contribution in [0.3, 0.4) is 0 Å². The first-order valence-corrected chi connectivity index (χ1v) is 19.8. The Balaban J connectivity index is 1.19. The molecule has 3 aromatic rings. The second kappa shape index (κ2) is 11.2. The lowest BCUT2D eigenvalue weighted by Gasteiger charge is -2.47. The van der Waals surface area contributed by atoms with Gasteiger partial charge in [-0.25, -0.2) is 9.37 Å². The van der Waals surface area contributed by atoms with Crippen LogP contribution < -0.4 is 31.4 Å². The molecule has 0 amide bonds. The summed E-state index contributed by atoms with van der Waals surface area (Å²) < 4.78 is 33.1. The number of thioether (sulfide) groups is 1. The van der Waals surface area contributed by atoms with E-state index in [0.717, 1.165) is 41.1 Å². The molecule has 4 aliphatic heterocycles. The van der Waals surface area contributed by atoms with Crippen LogP contribution in [0, 0.1) is 11.3 Å². The molecule has 3 saturated heterocycles. The molecule has 46 heavy (non-hydrogen) atoms. The van der Waals surface area contributed by atoms with Gasteiger partial charge in [-0.1, -0.05) is 6.07 Å². The van der Waals surface area contributed by atoms with Crippen molar-refractivity contribution in [3.63, 3.8) is 0 Å². The Kier molecular flexibility index (Phi) is 7.66. The van der Waals surface area contributed by atoms with Crippen LogP contribution in [0.4, 0.5) is 27.1 Å². The van der Waals surface area contributed by atoms with Crippen molar-refractivity contribution >= 4 is 58.4 Å². The molecule has 1 spiro atoms. The van der Waals surface area contributed by atoms with Gasteiger partial charge in [0.15, 0.2) is 0 Å². The zero-order chi connectivity index (χ0) is 32.6. The van der Waals surface area contributed by atoms with Crippen molar-refractivity contribution in [3.8, 4) is 12.1 Å². The van der Waals surface area contributed by atoms with Gasteiger partial charge in [-0.05, 0) is 45.7 Å². The fourth-order valence-corrected chi connectivity index (χ4v) is 10.9. The molecule has 16 heteroatoms. The summed E-state index contributed by atoms with van der Waals surface area (Å²) in [7, 11) is -0.703. The number of fused-ring (bicyclic) bond motifs is 3. The Morgan fingerprint density at radius 3 is 2.76 bits per heavy atom. The van der Waals surface area contributed by atoms with E-state index in [1.807, 2.05) is 36.7 Å². The maximum absolute atomic E-state index is 14.5. The molecule has 3 fully saturated rings. The number of halogens is 1. The van der Waals surface area contributed by atoms with Crippen LogP contribution in [-0.4, -0.2) is 89.7 Å². The number of thiophene rings is 1. The van der Waals surface area contributed by atoms with Crippen LogP contribution in [0.25, 0.3) is 0 Å². The summed E-state index contributed by atoms with van der Waals surface area (Å²) in [5.74, 6) is 1.98. The predicted molar refractivity (Wildman–Crippen MR) is 182 cm³/mol. The van der Waals surface area contributed by atoms with Gasteiger partial charge in [-0.15, -0.1) is 23.1 Å². The van der Waals surface area contributed by atoms with E-state index < -0.39 is 13.3 Å². The van der Waals surface area contributed by atoms with E-state index in [1.165, 1.54) is 11.3 Å². The number of alkyl halides is 1. The van der Waals surface area contributed by atoms with Gasteiger partial charge in [-0.3, -0.25) is 4.90 Å². The number of anilines is 4. The van der Waals surface area contributed by atoms with Crippen molar-refractivity contribution in [2.75, 3.05) is 74.4 Å². The number of nitrogens with zero attached hydrogens (tertiary/aromatic N) is 8. The second-order valence-corrected chi connectivity index (χ2v) is 18.9. The van der Waals surface area contributed by atoms with Gasteiger partial charge in [0.2, 0.25) is 11.9 Å². The molecule has 4 N–H and O–H groups in total. The Hall–Kier alpha value is -3.18. The lowest BCUT2D eigenvalue weighted by Crippen LogP contribution is -2.57. The summed E-state index contributed by atoms with van der Waals surface area (Å²) in [5.41, 5.74) is 15.1. The summed E-state index contributed by atoms with van der Waals surface area (Å²) in [6.45, 7) is 8.14. The van der Waals surface area contributed by atoms with Gasteiger partial charge >= 0.3 is 6.01 Å². The molecule has 244 valence electrons. The summed E-state index contributed by atoms with van der Waals surface area (Å²) >= 11 is 3.33. The normalized spacial score (nSPS) is 24.0. The Bertz CT molecular complexity index is 1790. The highest BCUT2D eigenvalue weighted by molar-refractivity contribution is 8.00. The summed E-state index contributed by atoms with van der Waals surface area (Å²) in [6, 6.07) is 5.83. The zero-order valence-corrected chi connectivity index (χ0v) is 28.9. The van der Waals surface area contributed by atoms with Gasteiger partial charge < -0.3 is 30.6 Å². The van der Waals surface area contributed by atoms with Gasteiger partial charge in [0.25, 0.3) is 0 Å². The number of hydrogen-bond acceptors (Lipinski definition) is 14. The largest absolute Gasteiger partial charge is 0.461 e. The molecule has 3 atom stereocenters. The molecule has 0 bridgehead atoms. The Labute approximate surface area is 276 Å². The first-order chi connectivity index (χ1) is 21.8. The Morgan fingerprint density at radius 2 is 2.04 bits per heavy atom. The highest BCUT2D eigenvalue weighted by Crippen LogP contribution is 2.57. The number of pyridine rings is 1. The third kappa shape index (κ3) is 5.18. The average Bonchev–Trinajstić information content (AvgIpc) is 3.72. The third-order valence-corrected chi connectivity index (χ3v) is 13.9. The molecule has 3 aromatic heterocycles. The molecule has 0 aromatic carbocycles. The topological polar surface area (TPSA) is 163 Å². The van der Waals surface area contributed by atoms with E-state index in [1.54, 1.807) is 19.4 Å². The molecule has 7 rings (SSSR count). The number of nitriles is 1. The van der Waals surface area contributed by atoms with Crippen LogP contribution in [0.2, 0.25) is 0 Å². The summed E-state index contributed by atoms with van der Waals surface area (Å²) in [5, 5.41) is 10.4. The van der Waals surface area contributed by atoms with E-state index in [4.69, 9.17) is 31.2 Å². The predicted octanol–water partition coefficient (Wildman–Crippen LogP) is 3.73. The fraction of sp³-hybridized carbons (Fsp3) is 0.567. The number of ether oxygens (including phenoxy) is 1. The molecule has 0 aliphatic carbocycles. The number of nitrogen functional groups attached to an aromatic ring is 2. The minimum Gasteiger partial charge on any atom is -0.461 e. The maximum atomic E-state index is 14.5. The van der Waals surface area contributed by atoms with Crippen molar-refractivity contribution in [2.24, 2.45) is 0 Å². The lowest BCUT2D eigenvalue weighted by molar-refractivity contribution is 0.107. The van der Waals surface area contributed by atoms with Crippen LogP contribution in [-0.2, 0) is 15.1 Å². The zero-order valence-electron chi connectivity index (χ0n) is 26.4. The molecule has 12 nitrogen and oxygen atoms in total. The van der Waals surface area contributed by atoms with E-state index in [0.29, 0.717) is 66.4 Å². The first kappa shape index (κ1) is 31.4. The second-order valence-electron chi connectivity index (χ2n) is 13.3. The molecule has 4 aliphatic rings. The van der Waals surface area contributed by atoms with E-state index in [2.05, 4.69) is 20.9 Å². The van der Waals surface area contributed by atoms with Crippen molar-refractivity contribution < 1.29 is 13.7 Å². The molecular formula is C30H38FN10O2PS2. The van der Waals surface area contributed by atoms with Crippen molar-refractivity contribution in [1.82, 2.24) is 24.8 Å². The fourth-order valence-electron chi connectivity index (χ4n) is 7.29. The molecular weight excluding hydrogens is 647 g/mol. The van der Waals surface area contributed by atoms with Crippen LogP contribution >= 0.6 is 30.2 Å². The third-order valence-electron chi connectivity index (χ3n) is 9.89. The Morgan fingerprint density at radius 1 is 1.26 bits per heavy atom. The minimum atomic E-state index is -2.58. The van der Waals surface area contributed by atoms with Gasteiger partial charge in [0, 0.05) is 54.9 Å². The quantitative estimate of drug-likeness (QED) is 0.330. The van der Waals surface area contributed by atoms with Gasteiger partial charge in [0.05, 0.1) is 21.9 Å². The highest BCUT2D eigenvalue weighted by Gasteiger charge is 2.53. The lowest BCUT2D eigenvalue weighted by atomic mass is 9.88. The number of nitrogens with two attached hydrogens (primary N) is 2. The smallest absolute Gasteiger partial charge is 0.323 e. The van der Waals surface area contributed by atoms with E-state index in [9.17, 15) is 14.2 Å². The van der Waals surface area contributed by atoms with E-state index >= 15 is 0 Å². The number of rotatable bonds is 8. The van der Waals surface area contributed by atoms with Gasteiger partial charge in [-0.2, -0.15) is 20.2 Å². The van der Waals surface area contributed by atoms with Crippen molar-refractivity contribution in [3.05, 3.63) is 33.7 Å². The molecule has 7 heterocycles. The van der Waals surface area contributed by atoms with Crippen molar-refractivity contribution in [1.29, 1.82) is 5.26 Å². The summed E-state index contributed by atoms with van der Waals surface area (Å²) in [6.07, 6.45) is 1.46. The van der Waals surface area contributed by atoms with E-state index in [-0.39, 0.29) is 22.3 Å². The highest BCUT2D eigenvalue weighted by atomic mass is 32.2. The summed E-state index contributed by atoms with van der Waals surface area (Å²) in [4.78, 5) is 26.1. The monoisotopic (exact) mass is 684 g/mol. The van der Waals surface area contributed by atoms with Crippen LogP contribution in [0.15, 0.2) is 12.1 Å². The maximum Gasteiger partial charge on any atom is 0.323 e. The minimum absolute atomic E-state index is 0.181. The van der Waals surface area contributed by atoms with Gasteiger partial charge in [0.1, 0.15) is 42.2 Å². The molecule has 0 saturated carbocycles. The molecule has 0 unspecified atom stereocenters. The SMILES string of the molecule is C[C@H](c1ccc(P(C)(C)=O)nc1N)N(C)c1nc(OC[C@@]23CCCN2C[C@H](F)C3)nc(N2CC3(C2)SCc2sc(N)c(C#N)c23)n1. The number of hydrogen-bond donors (Lipinski definition) is 2. The van der Waals surface area contributed by atoms with Crippen LogP contribution in [0.1, 0.15) is 53.8 Å². The molecule has 0 radical (unpaired) electrons. The number of aromatic nitrogens is 4. The van der Waals surface area contributed by atoms with Crippen molar-refractivity contribution in [2.45, 2.75) is 54.4 Å². The average molecular weight is 685 g/mol. The standard InChI is InChI=1S/C30H38FN10O2PS2/c1-17(19-6-7-22(35-24(19)33)44(3,4)42)39(2)26-36-27(38-28(37-26)43-16-29-8-5-9-41(29)12-18(31)10-29)40-14-30(15-40)23-20(11-32)25(34)46-21(23)13-45-30/h6-7,17-18H,5,8-10,12-16,34H2,1-4H3,(H2,33,35)/t17-,18-,29+/m1/s1.